The molecule has 1 unspecified atom stereocenters. The van der Waals surface area contributed by atoms with Gasteiger partial charge in [0.1, 0.15) is 6.54 Å². The van der Waals surface area contributed by atoms with Crippen LogP contribution in [0.15, 0.2) is 30.3 Å². The van der Waals surface area contributed by atoms with Gasteiger partial charge >= 0.3 is 0 Å². The standard InChI is InChI=1S/C20H28N6O2/c1-15(2)24(3)13-18-21-22-23-26(18)14-19(27)25-11-7-10-17(12-25)20(28)16-8-5-4-6-9-16/h4-6,8-9,15,17H,7,10-14H2,1-3H3. The van der Waals surface area contributed by atoms with Crippen LogP contribution in [-0.2, 0) is 17.9 Å². The van der Waals surface area contributed by atoms with E-state index in [-0.39, 0.29) is 24.2 Å². The Morgan fingerprint density at radius 2 is 2.00 bits per heavy atom. The molecule has 0 saturated carbocycles. The third-order valence-electron chi connectivity index (χ3n) is 5.37. The first-order valence-electron chi connectivity index (χ1n) is 9.78. The highest BCUT2D eigenvalue weighted by Crippen LogP contribution is 2.21. The van der Waals surface area contributed by atoms with Crippen LogP contribution in [0.3, 0.4) is 0 Å². The maximum absolute atomic E-state index is 12.8. The van der Waals surface area contributed by atoms with Gasteiger partial charge < -0.3 is 4.90 Å². The average molecular weight is 384 g/mol. The van der Waals surface area contributed by atoms with E-state index in [4.69, 9.17) is 0 Å². The summed E-state index contributed by atoms with van der Waals surface area (Å²) in [5.74, 6) is 0.574. The van der Waals surface area contributed by atoms with Gasteiger partial charge in [-0.2, -0.15) is 0 Å². The van der Waals surface area contributed by atoms with Crippen LogP contribution in [0.25, 0.3) is 0 Å². The van der Waals surface area contributed by atoms with E-state index in [1.54, 1.807) is 9.58 Å². The van der Waals surface area contributed by atoms with E-state index in [0.29, 0.717) is 37.1 Å². The van der Waals surface area contributed by atoms with Crippen LogP contribution < -0.4 is 0 Å². The van der Waals surface area contributed by atoms with Gasteiger partial charge in [-0.25, -0.2) is 4.68 Å². The maximum atomic E-state index is 12.8. The molecule has 28 heavy (non-hydrogen) atoms. The molecule has 2 aromatic rings. The molecule has 1 aromatic carbocycles. The normalized spacial score (nSPS) is 17.3. The Morgan fingerprint density at radius 1 is 1.25 bits per heavy atom. The van der Waals surface area contributed by atoms with E-state index in [2.05, 4.69) is 34.3 Å². The van der Waals surface area contributed by atoms with Crippen molar-refractivity contribution in [3.8, 4) is 0 Å². The van der Waals surface area contributed by atoms with E-state index in [9.17, 15) is 9.59 Å². The summed E-state index contributed by atoms with van der Waals surface area (Å²) >= 11 is 0. The number of hydrogen-bond acceptors (Lipinski definition) is 6. The molecule has 1 aromatic heterocycles. The largest absolute Gasteiger partial charge is 0.340 e. The minimum Gasteiger partial charge on any atom is -0.340 e. The molecule has 150 valence electrons. The molecule has 1 saturated heterocycles. The first kappa shape index (κ1) is 20.1. The molecule has 2 heterocycles. The van der Waals surface area contributed by atoms with Crippen molar-refractivity contribution in [2.75, 3.05) is 20.1 Å². The molecule has 1 amide bonds. The molecule has 0 N–H and O–H groups in total. The number of likely N-dealkylation sites (tertiary alicyclic amines) is 1. The van der Waals surface area contributed by atoms with E-state index in [1.165, 1.54) is 0 Å². The van der Waals surface area contributed by atoms with Crippen molar-refractivity contribution in [1.82, 2.24) is 30.0 Å². The summed E-state index contributed by atoms with van der Waals surface area (Å²) in [7, 11) is 2.00. The topological polar surface area (TPSA) is 84.2 Å². The lowest BCUT2D eigenvalue weighted by Crippen LogP contribution is -2.44. The number of ketones is 1. The molecule has 8 heteroatoms. The fraction of sp³-hybridized carbons (Fsp3) is 0.550. The van der Waals surface area contributed by atoms with Crippen molar-refractivity contribution in [3.05, 3.63) is 41.7 Å². The summed E-state index contributed by atoms with van der Waals surface area (Å²) in [6, 6.07) is 9.66. The Kier molecular flexibility index (Phi) is 6.51. The molecule has 1 aliphatic heterocycles. The molecule has 1 fully saturated rings. The van der Waals surface area contributed by atoms with Gasteiger partial charge in [0.25, 0.3) is 0 Å². The Hall–Kier alpha value is -2.61. The number of carbonyl (C=O) groups excluding carboxylic acids is 2. The zero-order valence-electron chi connectivity index (χ0n) is 16.8. The molecule has 0 aliphatic carbocycles. The molecule has 0 radical (unpaired) electrons. The predicted molar refractivity (Wildman–Crippen MR) is 104 cm³/mol. The molecular formula is C20H28N6O2. The van der Waals surface area contributed by atoms with Crippen LogP contribution in [0.1, 0.15) is 42.9 Å². The number of nitrogens with zero attached hydrogens (tertiary/aromatic N) is 6. The monoisotopic (exact) mass is 384 g/mol. The number of rotatable bonds is 7. The summed E-state index contributed by atoms with van der Waals surface area (Å²) in [6.45, 7) is 5.98. The second kappa shape index (κ2) is 9.05. The first-order chi connectivity index (χ1) is 13.5. The Balaban J connectivity index is 1.62. The lowest BCUT2D eigenvalue weighted by atomic mass is 9.90. The summed E-state index contributed by atoms with van der Waals surface area (Å²) in [4.78, 5) is 29.5. The van der Waals surface area contributed by atoms with Crippen molar-refractivity contribution in [1.29, 1.82) is 0 Å². The highest BCUT2D eigenvalue weighted by atomic mass is 16.2. The quantitative estimate of drug-likeness (QED) is 0.675. The number of tetrazole rings is 1. The molecule has 1 aliphatic rings. The third-order valence-corrected chi connectivity index (χ3v) is 5.37. The number of carbonyl (C=O) groups is 2. The van der Waals surface area contributed by atoms with Gasteiger partial charge in [-0.05, 0) is 44.2 Å². The second-order valence-corrected chi connectivity index (χ2v) is 7.67. The van der Waals surface area contributed by atoms with E-state index in [0.717, 1.165) is 12.8 Å². The van der Waals surface area contributed by atoms with Crippen LogP contribution in [0.2, 0.25) is 0 Å². The zero-order valence-corrected chi connectivity index (χ0v) is 16.8. The van der Waals surface area contributed by atoms with Gasteiger partial charge in [-0.1, -0.05) is 30.3 Å². The zero-order chi connectivity index (χ0) is 20.1. The number of hydrogen-bond donors (Lipinski definition) is 0. The minimum absolute atomic E-state index is 0.0497. The second-order valence-electron chi connectivity index (χ2n) is 7.67. The SMILES string of the molecule is CC(C)N(C)Cc1nnnn1CC(=O)N1CCCC(C(=O)c2ccccc2)C1. The van der Waals surface area contributed by atoms with E-state index < -0.39 is 0 Å². The number of Topliss-reactive ketones (excluding diaryl/α,β-unsaturated/α-hetero) is 1. The minimum atomic E-state index is -0.152. The number of piperidine rings is 1. The molecule has 1 atom stereocenters. The molecule has 0 spiro atoms. The van der Waals surface area contributed by atoms with Gasteiger partial charge in [-0.3, -0.25) is 14.5 Å². The van der Waals surface area contributed by atoms with Crippen LogP contribution >= 0.6 is 0 Å². The van der Waals surface area contributed by atoms with Crippen molar-refractivity contribution < 1.29 is 9.59 Å². The Morgan fingerprint density at radius 3 is 2.71 bits per heavy atom. The van der Waals surface area contributed by atoms with E-state index in [1.807, 2.05) is 37.4 Å². The van der Waals surface area contributed by atoms with E-state index >= 15 is 0 Å². The van der Waals surface area contributed by atoms with Crippen LogP contribution in [0.5, 0.6) is 0 Å². The van der Waals surface area contributed by atoms with Crippen LogP contribution in [0, 0.1) is 5.92 Å². The van der Waals surface area contributed by atoms with Crippen molar-refractivity contribution in [2.24, 2.45) is 5.92 Å². The molecular weight excluding hydrogens is 356 g/mol. The predicted octanol–water partition coefficient (Wildman–Crippen LogP) is 1.63. The average Bonchev–Trinajstić information content (AvgIpc) is 3.14. The van der Waals surface area contributed by atoms with Crippen molar-refractivity contribution in [3.63, 3.8) is 0 Å². The number of benzene rings is 1. The lowest BCUT2D eigenvalue weighted by Gasteiger charge is -2.32. The first-order valence-corrected chi connectivity index (χ1v) is 9.78. The summed E-state index contributed by atoms with van der Waals surface area (Å²) < 4.78 is 1.56. The number of amides is 1. The Labute approximate surface area is 165 Å². The van der Waals surface area contributed by atoms with Crippen LogP contribution in [0.4, 0.5) is 0 Å². The summed E-state index contributed by atoms with van der Waals surface area (Å²) in [5, 5.41) is 11.8. The van der Waals surface area contributed by atoms with Crippen molar-refractivity contribution >= 4 is 11.7 Å². The van der Waals surface area contributed by atoms with Gasteiger partial charge in [0.2, 0.25) is 5.91 Å². The summed E-state index contributed by atoms with van der Waals surface area (Å²) in [5.41, 5.74) is 0.710. The van der Waals surface area contributed by atoms with Gasteiger partial charge in [0.15, 0.2) is 11.6 Å². The highest BCUT2D eigenvalue weighted by molar-refractivity contribution is 5.98. The van der Waals surface area contributed by atoms with Gasteiger partial charge in [0, 0.05) is 30.6 Å². The summed E-state index contributed by atoms with van der Waals surface area (Å²) in [6.07, 6.45) is 1.64. The maximum Gasteiger partial charge on any atom is 0.244 e. The number of aromatic nitrogens is 4. The van der Waals surface area contributed by atoms with Gasteiger partial charge in [-0.15, -0.1) is 5.10 Å². The smallest absolute Gasteiger partial charge is 0.244 e. The Bertz CT molecular complexity index is 804. The highest BCUT2D eigenvalue weighted by Gasteiger charge is 2.29. The lowest BCUT2D eigenvalue weighted by molar-refractivity contribution is -0.133. The molecule has 3 rings (SSSR count). The van der Waals surface area contributed by atoms with Crippen molar-refractivity contribution in [2.45, 2.75) is 45.8 Å². The molecule has 8 nitrogen and oxygen atoms in total. The third kappa shape index (κ3) is 4.81. The fourth-order valence-corrected chi connectivity index (χ4v) is 3.35. The van der Waals surface area contributed by atoms with Gasteiger partial charge in [0.05, 0.1) is 6.54 Å². The molecule has 0 bridgehead atoms. The fourth-order valence-electron chi connectivity index (χ4n) is 3.35. The van der Waals surface area contributed by atoms with Crippen LogP contribution in [-0.4, -0.2) is 67.9 Å².